The predicted octanol–water partition coefficient (Wildman–Crippen LogP) is 4.44. The van der Waals surface area contributed by atoms with Crippen LogP contribution in [0.4, 0.5) is 0 Å². The molecule has 0 aliphatic heterocycles. The molecule has 3 rings (SSSR count). The highest BCUT2D eigenvalue weighted by Gasteiger charge is 2.84. The Bertz CT molecular complexity index is 676. The minimum Gasteiger partial charge on any atom is -0.543 e. The van der Waals surface area contributed by atoms with Crippen molar-refractivity contribution < 1.29 is 19.1 Å². The summed E-state index contributed by atoms with van der Waals surface area (Å²) in [5.41, 5.74) is 0.457. The molecular formula is C19H28O4Si. The summed E-state index contributed by atoms with van der Waals surface area (Å²) in [6.07, 6.45) is 0.878. The highest BCUT2D eigenvalue weighted by atomic mass is 28.4. The number of aromatic hydroxyl groups is 1. The van der Waals surface area contributed by atoms with Gasteiger partial charge in [-0.2, -0.15) is 0 Å². The Morgan fingerprint density at radius 1 is 1.38 bits per heavy atom. The van der Waals surface area contributed by atoms with Gasteiger partial charge in [0, 0.05) is 11.5 Å². The van der Waals surface area contributed by atoms with Crippen molar-refractivity contribution >= 4 is 14.3 Å². The SMILES string of the molecule is CCOC(=O)[C@@]12C[C@H]1[C@H]2c1cc(O[Si](C)(C)C(C)(C)C)ccc1O. The van der Waals surface area contributed by atoms with Gasteiger partial charge in [0.25, 0.3) is 0 Å². The molecule has 2 aliphatic rings. The van der Waals surface area contributed by atoms with E-state index in [-0.39, 0.29) is 28.1 Å². The van der Waals surface area contributed by atoms with Gasteiger partial charge in [0.2, 0.25) is 8.32 Å². The van der Waals surface area contributed by atoms with Gasteiger partial charge in [-0.1, -0.05) is 20.8 Å². The van der Waals surface area contributed by atoms with Crippen LogP contribution < -0.4 is 4.43 Å². The van der Waals surface area contributed by atoms with Gasteiger partial charge in [0.15, 0.2) is 0 Å². The van der Waals surface area contributed by atoms with Crippen LogP contribution in [-0.2, 0) is 9.53 Å². The molecule has 2 fully saturated rings. The summed E-state index contributed by atoms with van der Waals surface area (Å²) < 4.78 is 11.6. The van der Waals surface area contributed by atoms with Crippen molar-refractivity contribution in [1.82, 2.24) is 0 Å². The van der Waals surface area contributed by atoms with Gasteiger partial charge in [-0.15, -0.1) is 0 Å². The molecule has 3 atom stereocenters. The molecule has 0 radical (unpaired) electrons. The van der Waals surface area contributed by atoms with Gasteiger partial charge < -0.3 is 14.3 Å². The Morgan fingerprint density at radius 2 is 2.04 bits per heavy atom. The summed E-state index contributed by atoms with van der Waals surface area (Å²) in [7, 11) is -1.93. The number of hydrogen-bond acceptors (Lipinski definition) is 4. The molecule has 0 unspecified atom stereocenters. The van der Waals surface area contributed by atoms with Crippen LogP contribution in [0.25, 0.3) is 0 Å². The number of carbonyl (C=O) groups is 1. The molecule has 24 heavy (non-hydrogen) atoms. The number of benzene rings is 1. The molecule has 0 spiro atoms. The molecule has 0 saturated heterocycles. The minimum absolute atomic E-state index is 0.0829. The maximum Gasteiger partial charge on any atom is 0.313 e. The molecule has 5 heteroatoms. The Morgan fingerprint density at radius 3 is 2.58 bits per heavy atom. The summed E-state index contributed by atoms with van der Waals surface area (Å²) >= 11 is 0. The maximum absolute atomic E-state index is 12.2. The average molecular weight is 349 g/mol. The van der Waals surface area contributed by atoms with Crippen molar-refractivity contribution in [3.05, 3.63) is 23.8 Å². The van der Waals surface area contributed by atoms with E-state index >= 15 is 0 Å². The van der Waals surface area contributed by atoms with Crippen molar-refractivity contribution in [3.8, 4) is 11.5 Å². The van der Waals surface area contributed by atoms with E-state index < -0.39 is 8.32 Å². The molecule has 2 aliphatic carbocycles. The predicted molar refractivity (Wildman–Crippen MR) is 95.8 cm³/mol. The van der Waals surface area contributed by atoms with Gasteiger partial charge in [-0.25, -0.2) is 0 Å². The first-order valence-electron chi connectivity index (χ1n) is 8.74. The number of ether oxygens (including phenoxy) is 1. The molecule has 0 aromatic heterocycles. The molecule has 2 saturated carbocycles. The zero-order valence-corrected chi connectivity index (χ0v) is 16.5. The minimum atomic E-state index is -1.93. The highest BCUT2D eigenvalue weighted by molar-refractivity contribution is 6.74. The van der Waals surface area contributed by atoms with E-state index in [1.807, 2.05) is 19.1 Å². The number of esters is 1. The van der Waals surface area contributed by atoms with Gasteiger partial charge in [-0.05, 0) is 55.6 Å². The molecule has 1 N–H and O–H groups in total. The zero-order chi connectivity index (χ0) is 17.9. The van der Waals surface area contributed by atoms with Gasteiger partial charge in [0.05, 0.1) is 12.0 Å². The lowest BCUT2D eigenvalue weighted by molar-refractivity contribution is -0.147. The summed E-state index contributed by atoms with van der Waals surface area (Å²) in [5.74, 6) is 1.33. The van der Waals surface area contributed by atoms with Gasteiger partial charge in [-0.3, -0.25) is 4.79 Å². The normalized spacial score (nSPS) is 28.1. The van der Waals surface area contributed by atoms with Crippen LogP contribution in [-0.4, -0.2) is 26.0 Å². The first-order valence-corrected chi connectivity index (χ1v) is 11.6. The van der Waals surface area contributed by atoms with E-state index in [0.717, 1.165) is 17.7 Å². The fourth-order valence-corrected chi connectivity index (χ4v) is 4.34. The average Bonchev–Trinajstić information content (AvgIpc) is 3.30. The molecule has 1 aromatic carbocycles. The van der Waals surface area contributed by atoms with Crippen LogP contribution in [0, 0.1) is 11.3 Å². The van der Waals surface area contributed by atoms with Crippen LogP contribution >= 0.6 is 0 Å². The number of phenols is 1. The third-order valence-electron chi connectivity index (χ3n) is 6.08. The molecule has 1 aromatic rings. The van der Waals surface area contributed by atoms with Crippen molar-refractivity contribution in [2.75, 3.05) is 6.61 Å². The van der Waals surface area contributed by atoms with E-state index in [1.165, 1.54) is 0 Å². The fourth-order valence-electron chi connectivity index (χ4n) is 3.32. The standard InChI is InChI=1S/C19H28O4Si/c1-7-22-17(21)19-11-14(19)16(19)13-10-12(8-9-15(13)20)23-24(5,6)18(2,3)4/h8-10,14,16,20H,7,11H2,1-6H3/t14-,16+,19-/m0/s1. The number of carbonyl (C=O) groups excluding carboxylic acids is 1. The Kier molecular flexibility index (Phi) is 3.79. The number of rotatable bonds is 5. The molecule has 4 nitrogen and oxygen atoms in total. The lowest BCUT2D eigenvalue weighted by Gasteiger charge is -2.36. The van der Waals surface area contributed by atoms with Crippen molar-refractivity contribution in [3.63, 3.8) is 0 Å². The molecular weight excluding hydrogens is 320 g/mol. The van der Waals surface area contributed by atoms with E-state index in [1.54, 1.807) is 6.07 Å². The second-order valence-electron chi connectivity index (χ2n) is 8.63. The third kappa shape index (κ3) is 2.53. The van der Waals surface area contributed by atoms with Crippen LogP contribution in [0.15, 0.2) is 18.2 Å². The molecule has 132 valence electrons. The molecule has 0 heterocycles. The first-order chi connectivity index (χ1) is 11.0. The lowest BCUT2D eigenvalue weighted by Crippen LogP contribution is -2.43. The summed E-state index contributed by atoms with van der Waals surface area (Å²) in [6.45, 7) is 13.2. The van der Waals surface area contributed by atoms with Crippen molar-refractivity contribution in [2.45, 2.75) is 58.2 Å². The van der Waals surface area contributed by atoms with Crippen LogP contribution in [0.1, 0.15) is 45.6 Å². The summed E-state index contributed by atoms with van der Waals surface area (Å²) in [4.78, 5) is 12.2. The monoisotopic (exact) mass is 348 g/mol. The van der Waals surface area contributed by atoms with Crippen LogP contribution in [0.3, 0.4) is 0 Å². The zero-order valence-electron chi connectivity index (χ0n) is 15.5. The summed E-state index contributed by atoms with van der Waals surface area (Å²) in [5, 5.41) is 10.4. The van der Waals surface area contributed by atoms with E-state index in [2.05, 4.69) is 33.9 Å². The smallest absolute Gasteiger partial charge is 0.313 e. The molecule has 0 bridgehead atoms. The second-order valence-corrected chi connectivity index (χ2v) is 13.4. The summed E-state index contributed by atoms with van der Waals surface area (Å²) in [6, 6.07) is 5.44. The second kappa shape index (κ2) is 5.25. The largest absolute Gasteiger partial charge is 0.543 e. The maximum atomic E-state index is 12.2. The van der Waals surface area contributed by atoms with Gasteiger partial charge in [0.1, 0.15) is 11.5 Å². The molecule has 0 amide bonds. The highest BCUT2D eigenvalue weighted by Crippen LogP contribution is 2.85. The Balaban J connectivity index is 1.81. The van der Waals surface area contributed by atoms with Crippen molar-refractivity contribution in [2.24, 2.45) is 11.3 Å². The Labute approximate surface area is 145 Å². The van der Waals surface area contributed by atoms with E-state index in [4.69, 9.17) is 9.16 Å². The quantitative estimate of drug-likeness (QED) is 0.631. The van der Waals surface area contributed by atoms with E-state index in [9.17, 15) is 9.90 Å². The third-order valence-corrected chi connectivity index (χ3v) is 10.4. The number of fused-ring (bicyclic) bond motifs is 1. The topological polar surface area (TPSA) is 55.8 Å². The Hall–Kier alpha value is -1.49. The lowest BCUT2D eigenvalue weighted by atomic mass is 9.96. The van der Waals surface area contributed by atoms with Crippen molar-refractivity contribution in [1.29, 1.82) is 0 Å². The number of phenolic OH excluding ortho intramolecular Hbond substituents is 1. The first kappa shape index (κ1) is 17.3. The number of hydrogen-bond donors (Lipinski definition) is 1. The van der Waals surface area contributed by atoms with E-state index in [0.29, 0.717) is 12.5 Å². The van der Waals surface area contributed by atoms with Crippen LogP contribution in [0.2, 0.25) is 18.1 Å². The van der Waals surface area contributed by atoms with Crippen LogP contribution in [0.5, 0.6) is 11.5 Å². The fraction of sp³-hybridized carbons (Fsp3) is 0.632. The van der Waals surface area contributed by atoms with Gasteiger partial charge >= 0.3 is 5.97 Å².